The van der Waals surface area contributed by atoms with Crippen molar-refractivity contribution in [3.63, 3.8) is 0 Å². The molecular formula is C18H19BrN2O2. The molecule has 1 N–H and O–H groups in total. The fourth-order valence-corrected chi connectivity index (χ4v) is 3.73. The minimum atomic E-state index is 0.226. The summed E-state index contributed by atoms with van der Waals surface area (Å²) in [4.78, 5) is 2.52. The summed E-state index contributed by atoms with van der Waals surface area (Å²) in [6, 6.07) is 15.1. The summed E-state index contributed by atoms with van der Waals surface area (Å²) in [6.45, 7) is 4.43. The van der Waals surface area contributed by atoms with E-state index in [0.29, 0.717) is 6.79 Å². The van der Waals surface area contributed by atoms with Crippen molar-refractivity contribution in [2.45, 2.75) is 6.04 Å². The van der Waals surface area contributed by atoms with Crippen LogP contribution in [0.4, 0.5) is 0 Å². The van der Waals surface area contributed by atoms with Crippen LogP contribution in [0, 0.1) is 0 Å². The van der Waals surface area contributed by atoms with E-state index in [4.69, 9.17) is 9.47 Å². The summed E-state index contributed by atoms with van der Waals surface area (Å²) in [5.41, 5.74) is 2.54. The minimum Gasteiger partial charge on any atom is -0.454 e. The van der Waals surface area contributed by atoms with Crippen molar-refractivity contribution >= 4 is 15.9 Å². The van der Waals surface area contributed by atoms with Crippen molar-refractivity contribution in [1.29, 1.82) is 0 Å². The van der Waals surface area contributed by atoms with E-state index in [2.05, 4.69) is 62.5 Å². The number of ether oxygens (including phenoxy) is 2. The van der Waals surface area contributed by atoms with Gasteiger partial charge >= 0.3 is 0 Å². The summed E-state index contributed by atoms with van der Waals surface area (Å²) in [6.07, 6.45) is 0. The second-order valence-corrected chi connectivity index (χ2v) is 6.77. The van der Waals surface area contributed by atoms with Crippen LogP contribution in [0.2, 0.25) is 0 Å². The Morgan fingerprint density at radius 3 is 2.57 bits per heavy atom. The van der Waals surface area contributed by atoms with E-state index in [1.54, 1.807) is 0 Å². The van der Waals surface area contributed by atoms with Crippen LogP contribution in [0.1, 0.15) is 17.2 Å². The number of nitrogens with one attached hydrogen (secondary N) is 1. The van der Waals surface area contributed by atoms with Gasteiger partial charge < -0.3 is 14.8 Å². The van der Waals surface area contributed by atoms with Crippen LogP contribution in [0.5, 0.6) is 11.5 Å². The Morgan fingerprint density at radius 2 is 1.74 bits per heavy atom. The molecule has 2 aromatic rings. The summed E-state index contributed by atoms with van der Waals surface area (Å²) in [7, 11) is 0. The first-order valence-electron chi connectivity index (χ1n) is 7.91. The molecule has 2 aliphatic rings. The maximum Gasteiger partial charge on any atom is 0.231 e. The fraction of sp³-hybridized carbons (Fsp3) is 0.333. The largest absolute Gasteiger partial charge is 0.454 e. The first-order chi connectivity index (χ1) is 11.3. The number of fused-ring (bicyclic) bond motifs is 1. The van der Waals surface area contributed by atoms with Gasteiger partial charge in [0.2, 0.25) is 6.79 Å². The first-order valence-corrected chi connectivity index (χ1v) is 8.70. The monoisotopic (exact) mass is 374 g/mol. The highest BCUT2D eigenvalue weighted by atomic mass is 79.9. The summed E-state index contributed by atoms with van der Waals surface area (Å²) in [5, 5.41) is 3.43. The molecule has 2 aromatic carbocycles. The van der Waals surface area contributed by atoms with Gasteiger partial charge in [-0.1, -0.05) is 34.1 Å². The van der Waals surface area contributed by atoms with Crippen LogP contribution in [0.25, 0.3) is 0 Å². The van der Waals surface area contributed by atoms with Crippen molar-refractivity contribution in [2.75, 3.05) is 33.0 Å². The Labute approximate surface area is 144 Å². The molecular weight excluding hydrogens is 356 g/mol. The van der Waals surface area contributed by atoms with E-state index >= 15 is 0 Å². The lowest BCUT2D eigenvalue weighted by molar-refractivity contribution is 0.173. The van der Waals surface area contributed by atoms with E-state index in [1.807, 2.05) is 6.07 Å². The zero-order valence-corrected chi connectivity index (χ0v) is 14.4. The Bertz CT molecular complexity index is 701. The molecule has 0 radical (unpaired) electrons. The van der Waals surface area contributed by atoms with Crippen LogP contribution in [-0.4, -0.2) is 37.9 Å². The van der Waals surface area contributed by atoms with E-state index in [0.717, 1.165) is 42.2 Å². The average molecular weight is 375 g/mol. The van der Waals surface area contributed by atoms with Gasteiger partial charge in [-0.2, -0.15) is 0 Å². The van der Waals surface area contributed by atoms with Crippen LogP contribution >= 0.6 is 15.9 Å². The minimum absolute atomic E-state index is 0.226. The molecule has 4 nitrogen and oxygen atoms in total. The lowest BCUT2D eigenvalue weighted by Crippen LogP contribution is -2.45. The van der Waals surface area contributed by atoms with Gasteiger partial charge in [0.1, 0.15) is 0 Å². The van der Waals surface area contributed by atoms with Gasteiger partial charge in [-0.3, -0.25) is 4.90 Å². The van der Waals surface area contributed by atoms with Gasteiger partial charge in [0.05, 0.1) is 6.04 Å². The molecule has 1 unspecified atom stereocenters. The smallest absolute Gasteiger partial charge is 0.231 e. The zero-order valence-electron chi connectivity index (χ0n) is 12.8. The Hall–Kier alpha value is -1.56. The molecule has 120 valence electrons. The maximum absolute atomic E-state index is 5.57. The number of hydrogen-bond acceptors (Lipinski definition) is 4. The Morgan fingerprint density at radius 1 is 0.957 bits per heavy atom. The van der Waals surface area contributed by atoms with Gasteiger partial charge in [-0.15, -0.1) is 0 Å². The summed E-state index contributed by atoms with van der Waals surface area (Å²) in [5.74, 6) is 1.68. The summed E-state index contributed by atoms with van der Waals surface area (Å²) < 4.78 is 12.1. The number of nitrogens with zero attached hydrogens (tertiary/aromatic N) is 1. The number of benzene rings is 2. The fourth-order valence-electron chi connectivity index (χ4n) is 3.31. The van der Waals surface area contributed by atoms with Crippen molar-refractivity contribution in [3.05, 3.63) is 58.1 Å². The molecule has 1 fully saturated rings. The lowest BCUT2D eigenvalue weighted by atomic mass is 9.96. The van der Waals surface area contributed by atoms with Crippen LogP contribution in [0.15, 0.2) is 46.9 Å². The molecule has 0 spiro atoms. The Balaban J connectivity index is 1.75. The van der Waals surface area contributed by atoms with E-state index in [-0.39, 0.29) is 6.04 Å². The van der Waals surface area contributed by atoms with Gasteiger partial charge in [0, 0.05) is 30.7 Å². The van der Waals surface area contributed by atoms with Crippen LogP contribution < -0.4 is 14.8 Å². The predicted octanol–water partition coefficient (Wildman–Crippen LogP) is 3.17. The number of piperazine rings is 1. The SMILES string of the molecule is Brc1cccc(C(c2ccc3c(c2)OCO3)N2CCNCC2)c1. The van der Waals surface area contributed by atoms with Gasteiger partial charge in [-0.05, 0) is 35.4 Å². The van der Waals surface area contributed by atoms with Crippen molar-refractivity contribution in [3.8, 4) is 11.5 Å². The highest BCUT2D eigenvalue weighted by molar-refractivity contribution is 9.10. The molecule has 0 saturated carbocycles. The average Bonchev–Trinajstić information content (AvgIpc) is 3.04. The highest BCUT2D eigenvalue weighted by Crippen LogP contribution is 2.38. The van der Waals surface area contributed by atoms with Crippen molar-refractivity contribution in [1.82, 2.24) is 10.2 Å². The topological polar surface area (TPSA) is 33.7 Å². The summed E-state index contributed by atoms with van der Waals surface area (Å²) >= 11 is 3.60. The molecule has 2 heterocycles. The second kappa shape index (κ2) is 6.51. The molecule has 23 heavy (non-hydrogen) atoms. The molecule has 0 aliphatic carbocycles. The third-order valence-corrected chi connectivity index (χ3v) is 4.89. The van der Waals surface area contributed by atoms with Gasteiger partial charge in [-0.25, -0.2) is 0 Å². The first kappa shape index (κ1) is 15.0. The third-order valence-electron chi connectivity index (χ3n) is 4.39. The molecule has 0 aromatic heterocycles. The predicted molar refractivity (Wildman–Crippen MR) is 93.0 cm³/mol. The number of hydrogen-bond donors (Lipinski definition) is 1. The van der Waals surface area contributed by atoms with E-state index < -0.39 is 0 Å². The van der Waals surface area contributed by atoms with Crippen LogP contribution in [0.3, 0.4) is 0 Å². The zero-order chi connectivity index (χ0) is 15.6. The van der Waals surface area contributed by atoms with Crippen molar-refractivity contribution < 1.29 is 9.47 Å². The molecule has 2 aliphatic heterocycles. The second-order valence-electron chi connectivity index (χ2n) is 5.86. The third kappa shape index (κ3) is 3.09. The quantitative estimate of drug-likeness (QED) is 0.894. The molecule has 4 rings (SSSR count). The lowest BCUT2D eigenvalue weighted by Gasteiger charge is -2.35. The van der Waals surface area contributed by atoms with E-state index in [9.17, 15) is 0 Å². The van der Waals surface area contributed by atoms with Gasteiger partial charge in [0.25, 0.3) is 0 Å². The normalized spacial score (nSPS) is 18.8. The number of rotatable bonds is 3. The van der Waals surface area contributed by atoms with Crippen LogP contribution in [-0.2, 0) is 0 Å². The van der Waals surface area contributed by atoms with Crippen molar-refractivity contribution in [2.24, 2.45) is 0 Å². The molecule has 5 heteroatoms. The van der Waals surface area contributed by atoms with Gasteiger partial charge in [0.15, 0.2) is 11.5 Å². The standard InChI is InChI=1S/C18H19BrN2O2/c19-15-3-1-2-13(10-15)18(21-8-6-20-7-9-21)14-4-5-16-17(11-14)23-12-22-16/h1-5,10-11,18,20H,6-9,12H2. The van der Waals surface area contributed by atoms with E-state index in [1.165, 1.54) is 11.1 Å². The molecule has 1 saturated heterocycles. The Kier molecular flexibility index (Phi) is 4.25. The highest BCUT2D eigenvalue weighted by Gasteiger charge is 2.26. The molecule has 0 bridgehead atoms. The number of halogens is 1. The molecule has 0 amide bonds. The maximum atomic E-state index is 5.57. The molecule has 1 atom stereocenters.